The van der Waals surface area contributed by atoms with Gasteiger partial charge in [-0.25, -0.2) is 13.8 Å². The van der Waals surface area contributed by atoms with Gasteiger partial charge in [0, 0.05) is 6.20 Å². The molecular formula is C8H4F5N3O. The first-order valence-corrected chi connectivity index (χ1v) is 3.98. The van der Waals surface area contributed by atoms with Gasteiger partial charge in [-0.05, 0) is 0 Å². The van der Waals surface area contributed by atoms with E-state index in [1.165, 1.54) is 6.07 Å². The number of anilines is 1. The number of ether oxygens (including phenoxy) is 1. The van der Waals surface area contributed by atoms with E-state index in [-0.39, 0.29) is 0 Å². The third-order valence-electron chi connectivity index (χ3n) is 1.66. The van der Waals surface area contributed by atoms with Crippen molar-refractivity contribution < 1.29 is 26.7 Å². The Morgan fingerprint density at radius 1 is 1.41 bits per heavy atom. The predicted molar refractivity (Wildman–Crippen MR) is 45.0 cm³/mol. The average molecular weight is 253 g/mol. The summed E-state index contributed by atoms with van der Waals surface area (Å²) in [6.07, 6.45) is -7.74. The standard InChI is InChI=1S/C8H4F5N3O/c9-7(10)3-2-16-4(1-14)6(5(3)15)17-8(11,12)13/h2,7H,(H2,15,16). The largest absolute Gasteiger partial charge is 0.573 e. The zero-order valence-corrected chi connectivity index (χ0v) is 7.92. The molecule has 1 heterocycles. The van der Waals surface area contributed by atoms with Crippen LogP contribution in [-0.4, -0.2) is 11.3 Å². The van der Waals surface area contributed by atoms with E-state index in [1.807, 2.05) is 0 Å². The first kappa shape index (κ1) is 13.0. The maximum absolute atomic E-state index is 12.3. The number of hydrogen-bond acceptors (Lipinski definition) is 4. The topological polar surface area (TPSA) is 71.9 Å². The van der Waals surface area contributed by atoms with Crippen LogP contribution in [0.3, 0.4) is 0 Å². The molecule has 1 rings (SSSR count). The molecule has 1 aromatic heterocycles. The molecule has 0 aliphatic carbocycles. The normalized spacial score (nSPS) is 11.4. The number of nitrogen functional groups attached to an aromatic ring is 1. The van der Waals surface area contributed by atoms with Crippen molar-refractivity contribution in [1.82, 2.24) is 4.98 Å². The van der Waals surface area contributed by atoms with Gasteiger partial charge in [0.15, 0.2) is 11.4 Å². The van der Waals surface area contributed by atoms with Crippen molar-refractivity contribution in [1.29, 1.82) is 5.26 Å². The van der Waals surface area contributed by atoms with Gasteiger partial charge in [-0.2, -0.15) is 5.26 Å². The minimum atomic E-state index is -5.15. The highest BCUT2D eigenvalue weighted by atomic mass is 19.4. The van der Waals surface area contributed by atoms with Gasteiger partial charge in [0.25, 0.3) is 6.43 Å². The van der Waals surface area contributed by atoms with Crippen LogP contribution in [0, 0.1) is 11.3 Å². The van der Waals surface area contributed by atoms with Crippen molar-refractivity contribution in [2.45, 2.75) is 12.8 Å². The van der Waals surface area contributed by atoms with Gasteiger partial charge in [-0.1, -0.05) is 0 Å². The van der Waals surface area contributed by atoms with Crippen molar-refractivity contribution >= 4 is 5.69 Å². The van der Waals surface area contributed by atoms with Gasteiger partial charge >= 0.3 is 6.36 Å². The van der Waals surface area contributed by atoms with Crippen molar-refractivity contribution in [3.05, 3.63) is 17.5 Å². The summed E-state index contributed by atoms with van der Waals surface area (Å²) in [5.41, 5.74) is 2.37. The first-order chi connectivity index (χ1) is 7.76. The minimum absolute atomic E-state index is 0.530. The minimum Gasteiger partial charge on any atom is -0.400 e. The number of hydrogen-bond donors (Lipinski definition) is 1. The maximum Gasteiger partial charge on any atom is 0.573 e. The molecule has 0 spiro atoms. The zero-order chi connectivity index (χ0) is 13.2. The van der Waals surface area contributed by atoms with E-state index in [1.54, 1.807) is 0 Å². The first-order valence-electron chi connectivity index (χ1n) is 3.98. The molecule has 2 N–H and O–H groups in total. The molecule has 17 heavy (non-hydrogen) atoms. The molecule has 0 amide bonds. The molecule has 0 unspecified atom stereocenters. The van der Waals surface area contributed by atoms with Crippen LogP contribution in [0.25, 0.3) is 0 Å². The Labute approximate surface area is 91.4 Å². The summed E-state index contributed by atoms with van der Waals surface area (Å²) in [5, 5.41) is 8.47. The van der Waals surface area contributed by atoms with Gasteiger partial charge < -0.3 is 10.5 Å². The van der Waals surface area contributed by atoms with Gasteiger partial charge in [-0.15, -0.1) is 13.2 Å². The molecule has 9 heteroatoms. The molecule has 0 saturated heterocycles. The highest BCUT2D eigenvalue weighted by Gasteiger charge is 2.34. The van der Waals surface area contributed by atoms with Gasteiger partial charge in [-0.3, -0.25) is 0 Å². The lowest BCUT2D eigenvalue weighted by atomic mass is 10.2. The van der Waals surface area contributed by atoms with Crippen molar-refractivity contribution in [2.75, 3.05) is 5.73 Å². The van der Waals surface area contributed by atoms with Crippen LogP contribution in [0.2, 0.25) is 0 Å². The highest BCUT2D eigenvalue weighted by molar-refractivity contribution is 5.62. The average Bonchev–Trinajstić information content (AvgIpc) is 2.18. The number of aromatic nitrogens is 1. The highest BCUT2D eigenvalue weighted by Crippen LogP contribution is 2.36. The molecular weight excluding hydrogens is 249 g/mol. The lowest BCUT2D eigenvalue weighted by Crippen LogP contribution is -2.19. The smallest absolute Gasteiger partial charge is 0.400 e. The summed E-state index contributed by atoms with van der Waals surface area (Å²) in [6.45, 7) is 0. The van der Waals surface area contributed by atoms with Gasteiger partial charge in [0.05, 0.1) is 11.3 Å². The molecule has 4 nitrogen and oxygen atoms in total. The number of pyridine rings is 1. The van der Waals surface area contributed by atoms with Crippen LogP contribution in [0.4, 0.5) is 27.6 Å². The molecule has 0 bridgehead atoms. The second kappa shape index (κ2) is 4.40. The van der Waals surface area contributed by atoms with Gasteiger partial charge in [0.2, 0.25) is 0 Å². The zero-order valence-electron chi connectivity index (χ0n) is 7.92. The van der Waals surface area contributed by atoms with E-state index in [2.05, 4.69) is 9.72 Å². The fraction of sp³-hybridized carbons (Fsp3) is 0.250. The second-order valence-electron chi connectivity index (χ2n) is 2.77. The molecule has 1 aromatic rings. The Hall–Kier alpha value is -2.11. The lowest BCUT2D eigenvalue weighted by molar-refractivity contribution is -0.274. The van der Waals surface area contributed by atoms with Crippen LogP contribution in [-0.2, 0) is 0 Å². The third-order valence-corrected chi connectivity index (χ3v) is 1.66. The number of nitrogens with zero attached hydrogens (tertiary/aromatic N) is 2. The summed E-state index contributed by atoms with van der Waals surface area (Å²) >= 11 is 0. The van der Waals surface area contributed by atoms with Crippen molar-refractivity contribution in [3.8, 4) is 11.8 Å². The molecule has 0 aromatic carbocycles. The fourth-order valence-electron chi connectivity index (χ4n) is 0.993. The quantitative estimate of drug-likeness (QED) is 0.821. The fourth-order valence-corrected chi connectivity index (χ4v) is 0.993. The number of halogens is 5. The van der Waals surface area contributed by atoms with Crippen LogP contribution >= 0.6 is 0 Å². The van der Waals surface area contributed by atoms with Crippen LogP contribution in [0.15, 0.2) is 6.20 Å². The summed E-state index contributed by atoms with van der Waals surface area (Å²) < 4.78 is 64.0. The van der Waals surface area contributed by atoms with Crippen LogP contribution in [0.5, 0.6) is 5.75 Å². The lowest BCUT2D eigenvalue weighted by Gasteiger charge is -2.14. The Morgan fingerprint density at radius 2 is 2.00 bits per heavy atom. The Kier molecular flexibility index (Phi) is 3.36. The predicted octanol–water partition coefficient (Wildman–Crippen LogP) is 2.37. The summed E-state index contributed by atoms with van der Waals surface area (Å²) in [7, 11) is 0. The summed E-state index contributed by atoms with van der Waals surface area (Å²) in [4.78, 5) is 3.12. The molecule has 0 aliphatic heterocycles. The molecule has 0 aliphatic rings. The second-order valence-corrected chi connectivity index (χ2v) is 2.77. The number of alkyl halides is 5. The summed E-state index contributed by atoms with van der Waals surface area (Å²) in [6, 6.07) is 1.26. The molecule has 0 fully saturated rings. The Morgan fingerprint density at radius 3 is 2.41 bits per heavy atom. The maximum atomic E-state index is 12.3. The van der Waals surface area contributed by atoms with E-state index >= 15 is 0 Å². The monoisotopic (exact) mass is 253 g/mol. The van der Waals surface area contributed by atoms with Gasteiger partial charge in [0.1, 0.15) is 6.07 Å². The molecule has 0 saturated carbocycles. The Bertz CT molecular complexity index is 465. The summed E-state index contributed by atoms with van der Waals surface area (Å²) in [5.74, 6) is -1.21. The number of nitrogens with two attached hydrogens (primary N) is 1. The molecule has 92 valence electrons. The van der Waals surface area contributed by atoms with Crippen molar-refractivity contribution in [3.63, 3.8) is 0 Å². The van der Waals surface area contributed by atoms with E-state index in [0.717, 1.165) is 0 Å². The third kappa shape index (κ3) is 2.93. The SMILES string of the molecule is N#Cc1ncc(C(F)F)c(N)c1OC(F)(F)F. The van der Waals surface area contributed by atoms with E-state index < -0.39 is 35.5 Å². The Balaban J connectivity index is 3.34. The number of nitriles is 1. The molecule has 0 radical (unpaired) electrons. The number of rotatable bonds is 2. The van der Waals surface area contributed by atoms with E-state index in [9.17, 15) is 22.0 Å². The molecule has 0 atom stereocenters. The van der Waals surface area contributed by atoms with E-state index in [4.69, 9.17) is 11.0 Å². The van der Waals surface area contributed by atoms with Crippen LogP contribution < -0.4 is 10.5 Å². The van der Waals surface area contributed by atoms with Crippen molar-refractivity contribution in [2.24, 2.45) is 0 Å². The van der Waals surface area contributed by atoms with E-state index in [0.29, 0.717) is 6.20 Å². The van der Waals surface area contributed by atoms with Crippen LogP contribution in [0.1, 0.15) is 17.7 Å².